The molecule has 0 aliphatic rings. The summed E-state index contributed by atoms with van der Waals surface area (Å²) in [5, 5.41) is 0.822. The monoisotopic (exact) mass is 289 g/mol. The van der Waals surface area contributed by atoms with Crippen LogP contribution in [0.25, 0.3) is 0 Å². The molecule has 2 nitrogen and oxygen atoms in total. The molecule has 0 atom stereocenters. The smallest absolute Gasteiger partial charge is 0.0589 e. The van der Waals surface area contributed by atoms with Gasteiger partial charge in [0.1, 0.15) is 0 Å². The van der Waals surface area contributed by atoms with Gasteiger partial charge in [0.25, 0.3) is 0 Å². The third-order valence-corrected chi connectivity index (χ3v) is 3.58. The summed E-state index contributed by atoms with van der Waals surface area (Å²) < 4.78 is 5.20. The van der Waals surface area contributed by atoms with Crippen LogP contribution in [0.4, 0.5) is 0 Å². The van der Waals surface area contributed by atoms with Crippen molar-refractivity contribution in [3.05, 3.63) is 70.7 Å². The molecule has 0 amide bonds. The van der Waals surface area contributed by atoms with Crippen molar-refractivity contribution in [2.75, 3.05) is 20.3 Å². The van der Waals surface area contributed by atoms with Crippen LogP contribution in [0.5, 0.6) is 0 Å². The maximum absolute atomic E-state index is 6.25. The molecule has 0 radical (unpaired) electrons. The molecular weight excluding hydrogens is 270 g/mol. The lowest BCUT2D eigenvalue weighted by Crippen LogP contribution is -2.26. The summed E-state index contributed by atoms with van der Waals surface area (Å²) in [5.74, 6) is 0. The van der Waals surface area contributed by atoms with E-state index in [9.17, 15) is 0 Å². The summed E-state index contributed by atoms with van der Waals surface area (Å²) in [6, 6.07) is 18.5. The Hall–Kier alpha value is -1.35. The molecule has 0 spiro atoms. The molecule has 106 valence electrons. The molecule has 0 fully saturated rings. The zero-order chi connectivity index (χ0) is 14.2. The van der Waals surface area contributed by atoms with E-state index in [1.54, 1.807) is 7.11 Å². The number of benzene rings is 2. The van der Waals surface area contributed by atoms with Gasteiger partial charge in [-0.1, -0.05) is 60.1 Å². The summed E-state index contributed by atoms with van der Waals surface area (Å²) in [4.78, 5) is 2.35. The van der Waals surface area contributed by atoms with Crippen LogP contribution in [-0.4, -0.2) is 25.2 Å². The lowest BCUT2D eigenvalue weighted by atomic mass is 10.1. The fourth-order valence-corrected chi connectivity index (χ4v) is 2.34. The molecule has 0 saturated carbocycles. The first-order valence-electron chi connectivity index (χ1n) is 6.78. The minimum absolute atomic E-state index is 0.720. The van der Waals surface area contributed by atoms with Crippen LogP contribution in [-0.2, 0) is 17.8 Å². The molecule has 2 rings (SSSR count). The third kappa shape index (κ3) is 4.64. The van der Waals surface area contributed by atoms with Gasteiger partial charge in [-0.25, -0.2) is 0 Å². The van der Waals surface area contributed by atoms with E-state index in [4.69, 9.17) is 16.3 Å². The largest absolute Gasteiger partial charge is 0.383 e. The average molecular weight is 290 g/mol. The topological polar surface area (TPSA) is 12.5 Å². The van der Waals surface area contributed by atoms with Gasteiger partial charge in [-0.2, -0.15) is 0 Å². The summed E-state index contributed by atoms with van der Waals surface area (Å²) in [6.07, 6.45) is 0. The van der Waals surface area contributed by atoms with Crippen molar-refractivity contribution >= 4 is 11.6 Å². The SMILES string of the molecule is COCCN(Cc1ccccc1)Cc1ccccc1Cl. The highest BCUT2D eigenvalue weighted by atomic mass is 35.5. The Morgan fingerprint density at radius 1 is 0.950 bits per heavy atom. The zero-order valence-electron chi connectivity index (χ0n) is 11.8. The van der Waals surface area contributed by atoms with Crippen molar-refractivity contribution in [1.29, 1.82) is 0 Å². The van der Waals surface area contributed by atoms with E-state index < -0.39 is 0 Å². The van der Waals surface area contributed by atoms with Crippen LogP contribution in [0.15, 0.2) is 54.6 Å². The van der Waals surface area contributed by atoms with Gasteiger partial charge in [-0.05, 0) is 17.2 Å². The predicted octanol–water partition coefficient (Wildman–Crippen LogP) is 3.99. The first-order chi connectivity index (χ1) is 9.79. The standard InChI is InChI=1S/C17H20ClNO/c1-20-12-11-19(13-15-7-3-2-4-8-15)14-16-9-5-6-10-17(16)18/h2-10H,11-14H2,1H3. The molecule has 2 aromatic rings. The van der Waals surface area contributed by atoms with Gasteiger partial charge >= 0.3 is 0 Å². The lowest BCUT2D eigenvalue weighted by Gasteiger charge is -2.22. The molecular formula is C17H20ClNO. The van der Waals surface area contributed by atoms with Crippen LogP contribution in [0.3, 0.4) is 0 Å². The fraction of sp³-hybridized carbons (Fsp3) is 0.294. The van der Waals surface area contributed by atoms with Gasteiger partial charge in [0, 0.05) is 31.8 Å². The molecule has 2 aromatic carbocycles. The Labute approximate surface area is 125 Å². The highest BCUT2D eigenvalue weighted by Gasteiger charge is 2.09. The van der Waals surface area contributed by atoms with Crippen LogP contribution >= 0.6 is 11.6 Å². The Balaban J connectivity index is 2.05. The minimum atomic E-state index is 0.720. The molecule has 0 heterocycles. The van der Waals surface area contributed by atoms with Crippen molar-refractivity contribution in [2.45, 2.75) is 13.1 Å². The Bertz CT molecular complexity index is 515. The summed E-state index contributed by atoms with van der Waals surface area (Å²) in [5.41, 5.74) is 2.46. The van der Waals surface area contributed by atoms with Gasteiger partial charge < -0.3 is 4.74 Å². The Morgan fingerprint density at radius 3 is 2.35 bits per heavy atom. The van der Waals surface area contributed by atoms with Gasteiger partial charge in [0.2, 0.25) is 0 Å². The second-order valence-electron chi connectivity index (χ2n) is 4.78. The normalized spacial score (nSPS) is 10.9. The average Bonchev–Trinajstić information content (AvgIpc) is 2.48. The van der Waals surface area contributed by atoms with Crippen molar-refractivity contribution in [2.24, 2.45) is 0 Å². The first kappa shape index (κ1) is 15.0. The van der Waals surface area contributed by atoms with Crippen molar-refractivity contribution in [1.82, 2.24) is 4.90 Å². The van der Waals surface area contributed by atoms with Crippen molar-refractivity contribution in [3.63, 3.8) is 0 Å². The number of nitrogens with zero attached hydrogens (tertiary/aromatic N) is 1. The van der Waals surface area contributed by atoms with E-state index in [-0.39, 0.29) is 0 Å². The molecule has 0 unspecified atom stereocenters. The molecule has 3 heteroatoms. The van der Waals surface area contributed by atoms with E-state index in [2.05, 4.69) is 35.2 Å². The predicted molar refractivity (Wildman–Crippen MR) is 83.9 cm³/mol. The number of hydrogen-bond acceptors (Lipinski definition) is 2. The Morgan fingerprint density at radius 2 is 1.65 bits per heavy atom. The summed E-state index contributed by atoms with van der Waals surface area (Å²) >= 11 is 6.25. The summed E-state index contributed by atoms with van der Waals surface area (Å²) in [6.45, 7) is 3.33. The minimum Gasteiger partial charge on any atom is -0.383 e. The molecule has 0 aliphatic carbocycles. The molecule has 0 aliphatic heterocycles. The van der Waals surface area contributed by atoms with E-state index >= 15 is 0 Å². The lowest BCUT2D eigenvalue weighted by molar-refractivity contribution is 0.140. The van der Waals surface area contributed by atoms with Gasteiger partial charge in [0.05, 0.1) is 6.61 Å². The molecule has 0 saturated heterocycles. The van der Waals surface area contributed by atoms with E-state index in [1.807, 2.05) is 24.3 Å². The maximum atomic E-state index is 6.25. The molecule has 0 bridgehead atoms. The number of hydrogen-bond donors (Lipinski definition) is 0. The highest BCUT2D eigenvalue weighted by Crippen LogP contribution is 2.18. The van der Waals surface area contributed by atoms with E-state index in [0.29, 0.717) is 0 Å². The van der Waals surface area contributed by atoms with Gasteiger partial charge in [-0.3, -0.25) is 4.90 Å². The van der Waals surface area contributed by atoms with Crippen LogP contribution in [0, 0.1) is 0 Å². The van der Waals surface area contributed by atoms with Gasteiger partial charge in [0.15, 0.2) is 0 Å². The first-order valence-corrected chi connectivity index (χ1v) is 7.16. The van der Waals surface area contributed by atoms with Crippen LogP contribution in [0.1, 0.15) is 11.1 Å². The fourth-order valence-electron chi connectivity index (χ4n) is 2.14. The maximum Gasteiger partial charge on any atom is 0.0589 e. The van der Waals surface area contributed by atoms with Gasteiger partial charge in [-0.15, -0.1) is 0 Å². The zero-order valence-corrected chi connectivity index (χ0v) is 12.5. The molecule has 0 aromatic heterocycles. The number of ether oxygens (including phenoxy) is 1. The quantitative estimate of drug-likeness (QED) is 0.764. The number of methoxy groups -OCH3 is 1. The second-order valence-corrected chi connectivity index (χ2v) is 5.19. The van der Waals surface area contributed by atoms with Crippen LogP contribution < -0.4 is 0 Å². The van der Waals surface area contributed by atoms with Crippen molar-refractivity contribution in [3.8, 4) is 0 Å². The van der Waals surface area contributed by atoms with E-state index in [1.165, 1.54) is 5.56 Å². The second kappa shape index (κ2) is 8.05. The van der Waals surface area contributed by atoms with E-state index in [0.717, 1.165) is 36.8 Å². The summed E-state index contributed by atoms with van der Waals surface area (Å²) in [7, 11) is 1.73. The Kier molecular flexibility index (Phi) is 6.06. The van der Waals surface area contributed by atoms with Crippen LogP contribution in [0.2, 0.25) is 5.02 Å². The number of halogens is 1. The molecule has 20 heavy (non-hydrogen) atoms. The highest BCUT2D eigenvalue weighted by molar-refractivity contribution is 6.31. The number of rotatable bonds is 7. The molecule has 0 N–H and O–H groups in total. The van der Waals surface area contributed by atoms with Crippen molar-refractivity contribution < 1.29 is 4.74 Å². The third-order valence-electron chi connectivity index (χ3n) is 3.21.